The molecule has 5 nitrogen and oxygen atoms in total. The molecule has 1 atom stereocenters. The quantitative estimate of drug-likeness (QED) is 0.800. The van der Waals surface area contributed by atoms with Crippen LogP contribution < -0.4 is 5.32 Å². The van der Waals surface area contributed by atoms with E-state index < -0.39 is 12.1 Å². The Hall–Kier alpha value is -2.30. The highest BCUT2D eigenvalue weighted by Gasteiger charge is 2.18. The fourth-order valence-corrected chi connectivity index (χ4v) is 2.12. The third-order valence-electron chi connectivity index (χ3n) is 3.24. The van der Waals surface area contributed by atoms with Crippen LogP contribution in [0.4, 0.5) is 0 Å². The average Bonchev–Trinajstić information content (AvgIpc) is 2.88. The van der Waals surface area contributed by atoms with E-state index in [1.54, 1.807) is 13.1 Å². The fourth-order valence-electron chi connectivity index (χ4n) is 2.12. The standard InChI is InChI=1S/C16H20N2O3/c1-3-8-17-16(20)11(2)21-15(19)9-12-10-18-14-7-5-4-6-13(12)14/h4-7,10-11,18H,3,8-9H2,1-2H3,(H,17,20). The number of H-pyrrole nitrogens is 1. The van der Waals surface area contributed by atoms with E-state index in [4.69, 9.17) is 4.74 Å². The molecule has 0 fully saturated rings. The van der Waals surface area contributed by atoms with Crippen molar-refractivity contribution in [1.82, 2.24) is 10.3 Å². The van der Waals surface area contributed by atoms with Crippen LogP contribution in [0, 0.1) is 0 Å². The Bertz CT molecular complexity index is 633. The number of carbonyl (C=O) groups is 2. The van der Waals surface area contributed by atoms with Gasteiger partial charge in [-0.2, -0.15) is 0 Å². The zero-order valence-electron chi connectivity index (χ0n) is 12.3. The predicted octanol–water partition coefficient (Wildman–Crippen LogP) is 2.17. The third-order valence-corrected chi connectivity index (χ3v) is 3.24. The number of carbonyl (C=O) groups excluding carboxylic acids is 2. The molecule has 0 aliphatic heterocycles. The van der Waals surface area contributed by atoms with Gasteiger partial charge in [-0.25, -0.2) is 0 Å². The summed E-state index contributed by atoms with van der Waals surface area (Å²) in [6.07, 6.45) is 2.03. The lowest BCUT2D eigenvalue weighted by Gasteiger charge is -2.12. The molecule has 112 valence electrons. The van der Waals surface area contributed by atoms with Crippen molar-refractivity contribution in [3.63, 3.8) is 0 Å². The first-order valence-corrected chi connectivity index (χ1v) is 7.14. The van der Waals surface area contributed by atoms with Crippen molar-refractivity contribution in [3.8, 4) is 0 Å². The van der Waals surface area contributed by atoms with Crippen molar-refractivity contribution in [2.75, 3.05) is 6.54 Å². The maximum atomic E-state index is 11.9. The van der Waals surface area contributed by atoms with Gasteiger partial charge in [0.25, 0.3) is 5.91 Å². The number of ether oxygens (including phenoxy) is 1. The Balaban J connectivity index is 1.94. The van der Waals surface area contributed by atoms with Crippen LogP contribution >= 0.6 is 0 Å². The predicted molar refractivity (Wildman–Crippen MR) is 80.9 cm³/mol. The molecule has 2 rings (SSSR count). The molecule has 2 aromatic rings. The molecule has 5 heteroatoms. The zero-order valence-corrected chi connectivity index (χ0v) is 12.3. The summed E-state index contributed by atoms with van der Waals surface area (Å²) in [5, 5.41) is 3.70. The molecule has 0 bridgehead atoms. The summed E-state index contributed by atoms with van der Waals surface area (Å²) >= 11 is 0. The monoisotopic (exact) mass is 288 g/mol. The minimum absolute atomic E-state index is 0.148. The Labute approximate surface area is 123 Å². The van der Waals surface area contributed by atoms with Crippen molar-refractivity contribution in [2.24, 2.45) is 0 Å². The van der Waals surface area contributed by atoms with Gasteiger partial charge in [-0.3, -0.25) is 9.59 Å². The largest absolute Gasteiger partial charge is 0.452 e. The van der Waals surface area contributed by atoms with Crippen molar-refractivity contribution in [1.29, 1.82) is 0 Å². The number of esters is 1. The topological polar surface area (TPSA) is 71.2 Å². The van der Waals surface area contributed by atoms with E-state index in [0.29, 0.717) is 6.54 Å². The van der Waals surface area contributed by atoms with Crippen molar-refractivity contribution in [2.45, 2.75) is 32.8 Å². The van der Waals surface area contributed by atoms with Gasteiger partial charge in [-0.1, -0.05) is 25.1 Å². The van der Waals surface area contributed by atoms with E-state index in [1.165, 1.54) is 0 Å². The minimum Gasteiger partial charge on any atom is -0.452 e. The Morgan fingerprint density at radius 2 is 2.10 bits per heavy atom. The molecule has 0 aliphatic rings. The Kier molecular flexibility index (Phi) is 4.98. The van der Waals surface area contributed by atoms with E-state index in [9.17, 15) is 9.59 Å². The summed E-state index contributed by atoms with van der Waals surface area (Å²) in [6.45, 7) is 4.13. The van der Waals surface area contributed by atoms with Crippen LogP contribution in [0.5, 0.6) is 0 Å². The molecule has 2 N–H and O–H groups in total. The van der Waals surface area contributed by atoms with E-state index >= 15 is 0 Å². The second kappa shape index (κ2) is 6.92. The highest BCUT2D eigenvalue weighted by Crippen LogP contribution is 2.18. The number of aromatic amines is 1. The molecular formula is C16H20N2O3. The van der Waals surface area contributed by atoms with E-state index in [1.807, 2.05) is 31.2 Å². The molecule has 1 aromatic heterocycles. The molecule has 0 aliphatic carbocycles. The normalized spacial score (nSPS) is 12.1. The molecule has 1 heterocycles. The smallest absolute Gasteiger partial charge is 0.311 e. The SMILES string of the molecule is CCCNC(=O)C(C)OC(=O)Cc1c[nH]c2ccccc12. The third kappa shape index (κ3) is 3.84. The van der Waals surface area contributed by atoms with Crippen LogP contribution in [-0.4, -0.2) is 29.5 Å². The number of rotatable bonds is 6. The molecule has 21 heavy (non-hydrogen) atoms. The van der Waals surface area contributed by atoms with Gasteiger partial charge in [0.1, 0.15) is 0 Å². The summed E-state index contributed by atoms with van der Waals surface area (Å²) in [4.78, 5) is 26.7. The zero-order chi connectivity index (χ0) is 15.2. The van der Waals surface area contributed by atoms with Crippen LogP contribution in [0.1, 0.15) is 25.8 Å². The summed E-state index contributed by atoms with van der Waals surface area (Å²) in [5.41, 5.74) is 1.85. The van der Waals surface area contributed by atoms with E-state index in [0.717, 1.165) is 22.9 Å². The molecule has 0 saturated heterocycles. The summed E-state index contributed by atoms with van der Waals surface area (Å²) < 4.78 is 5.17. The van der Waals surface area contributed by atoms with Gasteiger partial charge in [0, 0.05) is 23.6 Å². The summed E-state index contributed by atoms with van der Waals surface area (Å²) in [7, 11) is 0. The number of aromatic nitrogens is 1. The lowest BCUT2D eigenvalue weighted by atomic mass is 10.1. The van der Waals surface area contributed by atoms with Crippen molar-refractivity contribution < 1.29 is 14.3 Å². The lowest BCUT2D eigenvalue weighted by molar-refractivity contribution is -0.154. The van der Waals surface area contributed by atoms with Crippen LogP contribution in [0.25, 0.3) is 10.9 Å². The first kappa shape index (κ1) is 15.1. The molecule has 1 amide bonds. The van der Waals surface area contributed by atoms with Gasteiger partial charge in [0.2, 0.25) is 0 Å². The summed E-state index contributed by atoms with van der Waals surface area (Å²) in [5.74, 6) is -0.664. The van der Waals surface area contributed by atoms with Gasteiger partial charge < -0.3 is 15.0 Å². The highest BCUT2D eigenvalue weighted by molar-refractivity contribution is 5.88. The molecular weight excluding hydrogens is 268 g/mol. The first-order valence-electron chi connectivity index (χ1n) is 7.14. The van der Waals surface area contributed by atoms with Crippen molar-refractivity contribution >= 4 is 22.8 Å². The first-order chi connectivity index (χ1) is 10.1. The van der Waals surface area contributed by atoms with Crippen LogP contribution in [-0.2, 0) is 20.7 Å². The van der Waals surface area contributed by atoms with Crippen LogP contribution in [0.15, 0.2) is 30.5 Å². The number of fused-ring (bicyclic) bond motifs is 1. The number of para-hydroxylation sites is 1. The Morgan fingerprint density at radius 1 is 1.33 bits per heavy atom. The fraction of sp³-hybridized carbons (Fsp3) is 0.375. The number of benzene rings is 1. The molecule has 1 unspecified atom stereocenters. The number of hydrogen-bond acceptors (Lipinski definition) is 3. The second-order valence-electron chi connectivity index (χ2n) is 4.96. The van der Waals surface area contributed by atoms with E-state index in [2.05, 4.69) is 10.3 Å². The number of amides is 1. The second-order valence-corrected chi connectivity index (χ2v) is 4.96. The molecule has 0 saturated carbocycles. The van der Waals surface area contributed by atoms with Gasteiger partial charge in [0.15, 0.2) is 6.10 Å². The van der Waals surface area contributed by atoms with Crippen LogP contribution in [0.2, 0.25) is 0 Å². The molecule has 0 spiro atoms. The lowest BCUT2D eigenvalue weighted by Crippen LogP contribution is -2.36. The number of nitrogens with one attached hydrogen (secondary N) is 2. The Morgan fingerprint density at radius 3 is 2.86 bits per heavy atom. The van der Waals surface area contributed by atoms with Crippen molar-refractivity contribution in [3.05, 3.63) is 36.0 Å². The molecule has 1 aromatic carbocycles. The maximum Gasteiger partial charge on any atom is 0.311 e. The highest BCUT2D eigenvalue weighted by atomic mass is 16.5. The van der Waals surface area contributed by atoms with Gasteiger partial charge >= 0.3 is 5.97 Å². The van der Waals surface area contributed by atoms with Gasteiger partial charge in [-0.05, 0) is 25.0 Å². The van der Waals surface area contributed by atoms with Gasteiger partial charge in [0.05, 0.1) is 6.42 Å². The summed E-state index contributed by atoms with van der Waals surface area (Å²) in [6, 6.07) is 7.75. The van der Waals surface area contributed by atoms with Gasteiger partial charge in [-0.15, -0.1) is 0 Å². The van der Waals surface area contributed by atoms with E-state index in [-0.39, 0.29) is 12.3 Å². The molecule has 0 radical (unpaired) electrons. The minimum atomic E-state index is -0.769. The maximum absolute atomic E-state index is 11.9. The van der Waals surface area contributed by atoms with Crippen LogP contribution in [0.3, 0.4) is 0 Å². The average molecular weight is 288 g/mol. The number of hydrogen-bond donors (Lipinski definition) is 2.